The molecular formula is C15H13NO2S. The number of thiophene rings is 1. The Kier molecular flexibility index (Phi) is 3.33. The maximum atomic E-state index is 12.1. The number of nitrogens with zero attached hydrogens (tertiary/aromatic N) is 1. The van der Waals surface area contributed by atoms with Crippen molar-refractivity contribution in [3.8, 4) is 5.75 Å². The Morgan fingerprint density at radius 1 is 1.11 bits per heavy atom. The van der Waals surface area contributed by atoms with Crippen LogP contribution in [0, 0.1) is 0 Å². The van der Waals surface area contributed by atoms with Crippen LogP contribution in [0.5, 0.6) is 5.75 Å². The van der Waals surface area contributed by atoms with Crippen molar-refractivity contribution in [1.29, 1.82) is 0 Å². The fourth-order valence-corrected chi connectivity index (χ4v) is 2.73. The van der Waals surface area contributed by atoms with E-state index in [2.05, 4.69) is 0 Å². The predicted octanol–water partition coefficient (Wildman–Crippen LogP) is 3.14. The maximum Gasteiger partial charge on any atom is 0.259 e. The molecule has 0 aliphatic rings. The molecule has 2 aromatic heterocycles. The summed E-state index contributed by atoms with van der Waals surface area (Å²) in [5.74, 6) is 0.826. The molecule has 0 fully saturated rings. The number of fused-ring (bicyclic) bond motifs is 1. The van der Waals surface area contributed by atoms with Gasteiger partial charge in [0.1, 0.15) is 12.4 Å². The zero-order chi connectivity index (χ0) is 13.1. The molecule has 0 bridgehead atoms. The van der Waals surface area contributed by atoms with Gasteiger partial charge in [0.25, 0.3) is 5.56 Å². The summed E-state index contributed by atoms with van der Waals surface area (Å²) in [6.07, 6.45) is 1.83. The van der Waals surface area contributed by atoms with Crippen LogP contribution in [-0.2, 0) is 6.54 Å². The summed E-state index contributed by atoms with van der Waals surface area (Å²) in [6, 6.07) is 13.5. The highest BCUT2D eigenvalue weighted by molar-refractivity contribution is 7.17. The van der Waals surface area contributed by atoms with Gasteiger partial charge in [-0.25, -0.2) is 0 Å². The second-order valence-corrected chi connectivity index (χ2v) is 5.12. The van der Waals surface area contributed by atoms with Crippen molar-refractivity contribution in [2.45, 2.75) is 6.54 Å². The van der Waals surface area contributed by atoms with E-state index in [9.17, 15) is 4.79 Å². The highest BCUT2D eigenvalue weighted by atomic mass is 32.1. The van der Waals surface area contributed by atoms with Crippen molar-refractivity contribution >= 4 is 21.4 Å². The van der Waals surface area contributed by atoms with E-state index < -0.39 is 0 Å². The zero-order valence-electron chi connectivity index (χ0n) is 10.3. The van der Waals surface area contributed by atoms with E-state index in [1.807, 2.05) is 54.0 Å². The summed E-state index contributed by atoms with van der Waals surface area (Å²) in [5, 5.41) is 2.73. The fraction of sp³-hybridized carbons (Fsp3) is 0.133. The van der Waals surface area contributed by atoms with Gasteiger partial charge in [-0.1, -0.05) is 18.2 Å². The van der Waals surface area contributed by atoms with E-state index >= 15 is 0 Å². The molecular weight excluding hydrogens is 258 g/mol. The standard InChI is InChI=1S/C15H13NO2S/c17-15-13-7-11-19-14(13)6-8-16(15)9-10-18-12-4-2-1-3-5-12/h1-8,11H,9-10H2. The molecule has 2 heterocycles. The van der Waals surface area contributed by atoms with Crippen LogP contribution in [0.4, 0.5) is 0 Å². The van der Waals surface area contributed by atoms with Crippen LogP contribution in [0.1, 0.15) is 0 Å². The van der Waals surface area contributed by atoms with E-state index in [0.717, 1.165) is 15.8 Å². The van der Waals surface area contributed by atoms with E-state index in [-0.39, 0.29) is 5.56 Å². The molecule has 0 aliphatic carbocycles. The Balaban J connectivity index is 1.72. The first-order valence-electron chi connectivity index (χ1n) is 6.09. The first-order valence-corrected chi connectivity index (χ1v) is 6.97. The first-order chi connectivity index (χ1) is 9.34. The molecule has 4 heteroatoms. The number of hydrogen-bond acceptors (Lipinski definition) is 3. The molecule has 3 nitrogen and oxygen atoms in total. The molecule has 0 amide bonds. The number of para-hydroxylation sites is 1. The molecule has 0 radical (unpaired) electrons. The maximum absolute atomic E-state index is 12.1. The number of pyridine rings is 1. The summed E-state index contributed by atoms with van der Waals surface area (Å²) in [4.78, 5) is 12.1. The molecule has 0 saturated carbocycles. The quantitative estimate of drug-likeness (QED) is 0.730. The molecule has 0 atom stereocenters. The van der Waals surface area contributed by atoms with Crippen molar-refractivity contribution < 1.29 is 4.74 Å². The molecule has 0 saturated heterocycles. The normalized spacial score (nSPS) is 10.7. The fourth-order valence-electron chi connectivity index (χ4n) is 1.96. The third-order valence-corrected chi connectivity index (χ3v) is 3.82. The number of aromatic nitrogens is 1. The van der Waals surface area contributed by atoms with E-state index in [4.69, 9.17) is 4.74 Å². The van der Waals surface area contributed by atoms with Gasteiger partial charge in [-0.05, 0) is 29.6 Å². The highest BCUT2D eigenvalue weighted by Crippen LogP contribution is 2.16. The van der Waals surface area contributed by atoms with Gasteiger partial charge < -0.3 is 9.30 Å². The second kappa shape index (κ2) is 5.28. The van der Waals surface area contributed by atoms with Gasteiger partial charge in [0, 0.05) is 10.9 Å². The van der Waals surface area contributed by atoms with Crippen molar-refractivity contribution in [3.05, 3.63) is 64.4 Å². The average molecular weight is 271 g/mol. The summed E-state index contributed by atoms with van der Waals surface area (Å²) in [5.41, 5.74) is 0.0513. The Morgan fingerprint density at radius 3 is 2.79 bits per heavy atom. The monoisotopic (exact) mass is 271 g/mol. The molecule has 0 spiro atoms. The van der Waals surface area contributed by atoms with Crippen molar-refractivity contribution in [1.82, 2.24) is 4.57 Å². The lowest BCUT2D eigenvalue weighted by Crippen LogP contribution is -2.22. The number of rotatable bonds is 4. The van der Waals surface area contributed by atoms with Crippen LogP contribution < -0.4 is 10.3 Å². The van der Waals surface area contributed by atoms with Crippen LogP contribution in [0.3, 0.4) is 0 Å². The summed E-state index contributed by atoms with van der Waals surface area (Å²) in [7, 11) is 0. The molecule has 1 aromatic carbocycles. The number of benzene rings is 1. The Bertz CT molecular complexity index is 730. The molecule has 3 rings (SSSR count). The Morgan fingerprint density at radius 2 is 1.95 bits per heavy atom. The summed E-state index contributed by atoms with van der Waals surface area (Å²) >= 11 is 1.59. The van der Waals surface area contributed by atoms with Crippen molar-refractivity contribution in [3.63, 3.8) is 0 Å². The Hall–Kier alpha value is -2.07. The minimum atomic E-state index is 0.0513. The molecule has 3 aromatic rings. The lowest BCUT2D eigenvalue weighted by atomic mass is 10.3. The third kappa shape index (κ3) is 2.53. The van der Waals surface area contributed by atoms with Crippen LogP contribution >= 0.6 is 11.3 Å². The first kappa shape index (κ1) is 12.0. The van der Waals surface area contributed by atoms with Crippen LogP contribution in [0.25, 0.3) is 10.1 Å². The van der Waals surface area contributed by atoms with Gasteiger partial charge >= 0.3 is 0 Å². The minimum Gasteiger partial charge on any atom is -0.492 e. The molecule has 0 N–H and O–H groups in total. The SMILES string of the molecule is O=c1c2ccsc2ccn1CCOc1ccccc1. The van der Waals surface area contributed by atoms with Crippen LogP contribution in [0.2, 0.25) is 0 Å². The number of ether oxygens (including phenoxy) is 1. The summed E-state index contributed by atoms with van der Waals surface area (Å²) in [6.45, 7) is 1.04. The average Bonchev–Trinajstić information content (AvgIpc) is 2.92. The van der Waals surface area contributed by atoms with Gasteiger partial charge in [-0.3, -0.25) is 4.79 Å². The molecule has 0 unspecified atom stereocenters. The van der Waals surface area contributed by atoms with Gasteiger partial charge in [-0.15, -0.1) is 11.3 Å². The van der Waals surface area contributed by atoms with Gasteiger partial charge in [0.15, 0.2) is 0 Å². The minimum absolute atomic E-state index is 0.0513. The van der Waals surface area contributed by atoms with Gasteiger partial charge in [0.05, 0.1) is 11.9 Å². The topological polar surface area (TPSA) is 31.2 Å². The molecule has 19 heavy (non-hydrogen) atoms. The van der Waals surface area contributed by atoms with Gasteiger partial charge in [-0.2, -0.15) is 0 Å². The lowest BCUT2D eigenvalue weighted by Gasteiger charge is -2.08. The number of hydrogen-bond donors (Lipinski definition) is 0. The lowest BCUT2D eigenvalue weighted by molar-refractivity contribution is 0.296. The zero-order valence-corrected chi connectivity index (χ0v) is 11.1. The predicted molar refractivity (Wildman–Crippen MR) is 78.0 cm³/mol. The second-order valence-electron chi connectivity index (χ2n) is 4.17. The van der Waals surface area contributed by atoms with E-state index in [1.54, 1.807) is 15.9 Å². The van der Waals surface area contributed by atoms with E-state index in [0.29, 0.717) is 13.2 Å². The highest BCUT2D eigenvalue weighted by Gasteiger charge is 2.03. The van der Waals surface area contributed by atoms with Crippen LogP contribution in [-0.4, -0.2) is 11.2 Å². The van der Waals surface area contributed by atoms with Crippen molar-refractivity contribution in [2.24, 2.45) is 0 Å². The Labute approximate surface area is 114 Å². The molecule has 96 valence electrons. The van der Waals surface area contributed by atoms with Crippen LogP contribution in [0.15, 0.2) is 58.8 Å². The van der Waals surface area contributed by atoms with E-state index in [1.165, 1.54) is 0 Å². The molecule has 0 aliphatic heterocycles. The summed E-state index contributed by atoms with van der Waals surface area (Å²) < 4.78 is 8.33. The van der Waals surface area contributed by atoms with Crippen molar-refractivity contribution in [2.75, 3.05) is 6.61 Å². The smallest absolute Gasteiger partial charge is 0.259 e. The van der Waals surface area contributed by atoms with Gasteiger partial charge in [0.2, 0.25) is 0 Å². The largest absolute Gasteiger partial charge is 0.492 e. The third-order valence-electron chi connectivity index (χ3n) is 2.94.